The SMILES string of the molecule is COc1cc(-c2nnc([C@H](C)Cc3ccccc3)o2)cc(C(=O)N2CCC[C@@H]2c2nc(C)c(C)s2)n1. The number of thiazole rings is 1. The molecule has 1 aliphatic heterocycles. The Morgan fingerprint density at radius 3 is 2.72 bits per heavy atom. The zero-order valence-electron chi connectivity index (χ0n) is 20.9. The summed E-state index contributed by atoms with van der Waals surface area (Å²) in [5, 5.41) is 9.52. The first-order valence-electron chi connectivity index (χ1n) is 12.1. The Morgan fingerprint density at radius 1 is 1.19 bits per heavy atom. The molecule has 1 fully saturated rings. The average Bonchev–Trinajstić information content (AvgIpc) is 3.64. The van der Waals surface area contributed by atoms with Crippen LogP contribution in [0.5, 0.6) is 5.88 Å². The van der Waals surface area contributed by atoms with Crippen molar-refractivity contribution in [2.75, 3.05) is 13.7 Å². The number of hydrogen-bond donors (Lipinski definition) is 0. The maximum absolute atomic E-state index is 13.6. The van der Waals surface area contributed by atoms with Crippen LogP contribution in [0, 0.1) is 13.8 Å². The maximum atomic E-state index is 13.6. The number of rotatable bonds is 7. The highest BCUT2D eigenvalue weighted by atomic mass is 32.1. The highest BCUT2D eigenvalue weighted by molar-refractivity contribution is 7.11. The van der Waals surface area contributed by atoms with Gasteiger partial charge in [0.05, 0.1) is 18.8 Å². The minimum atomic E-state index is -0.152. The molecule has 0 spiro atoms. The Morgan fingerprint density at radius 2 is 2.00 bits per heavy atom. The summed E-state index contributed by atoms with van der Waals surface area (Å²) in [7, 11) is 1.53. The van der Waals surface area contributed by atoms with Gasteiger partial charge in [-0.25, -0.2) is 9.97 Å². The molecule has 186 valence electrons. The molecule has 4 heterocycles. The first kappa shape index (κ1) is 24.1. The lowest BCUT2D eigenvalue weighted by Gasteiger charge is -2.23. The van der Waals surface area contributed by atoms with Gasteiger partial charge in [0.15, 0.2) is 0 Å². The van der Waals surface area contributed by atoms with Crippen LogP contribution in [0.25, 0.3) is 11.5 Å². The van der Waals surface area contributed by atoms with Gasteiger partial charge in [0.2, 0.25) is 17.7 Å². The highest BCUT2D eigenvalue weighted by Crippen LogP contribution is 2.36. The lowest BCUT2D eigenvalue weighted by Crippen LogP contribution is -2.31. The normalized spacial score (nSPS) is 16.3. The molecule has 2 atom stereocenters. The lowest BCUT2D eigenvalue weighted by atomic mass is 10.0. The zero-order chi connectivity index (χ0) is 25.2. The fraction of sp³-hybridized carbons (Fsp3) is 0.370. The molecule has 0 unspecified atom stereocenters. The van der Waals surface area contributed by atoms with E-state index in [9.17, 15) is 4.79 Å². The molecule has 36 heavy (non-hydrogen) atoms. The van der Waals surface area contributed by atoms with Crippen molar-refractivity contribution in [1.82, 2.24) is 25.1 Å². The van der Waals surface area contributed by atoms with Gasteiger partial charge in [0, 0.05) is 29.0 Å². The van der Waals surface area contributed by atoms with E-state index in [1.165, 1.54) is 17.6 Å². The number of hydrogen-bond acceptors (Lipinski definition) is 8. The van der Waals surface area contributed by atoms with Crippen LogP contribution in [-0.4, -0.2) is 44.6 Å². The van der Waals surface area contributed by atoms with Crippen LogP contribution in [0.4, 0.5) is 0 Å². The molecule has 1 aromatic carbocycles. The van der Waals surface area contributed by atoms with Crippen LogP contribution in [-0.2, 0) is 6.42 Å². The van der Waals surface area contributed by atoms with E-state index < -0.39 is 0 Å². The molecule has 0 saturated carbocycles. The third-order valence-electron chi connectivity index (χ3n) is 6.57. The number of likely N-dealkylation sites (tertiary alicyclic amines) is 1. The summed E-state index contributed by atoms with van der Waals surface area (Å²) >= 11 is 1.66. The summed E-state index contributed by atoms with van der Waals surface area (Å²) in [5.74, 6) is 1.11. The molecular weight excluding hydrogens is 474 g/mol. The summed E-state index contributed by atoms with van der Waals surface area (Å²) < 4.78 is 11.4. The number of carbonyl (C=O) groups excluding carboxylic acids is 1. The van der Waals surface area contributed by atoms with Crippen molar-refractivity contribution in [2.24, 2.45) is 0 Å². The van der Waals surface area contributed by atoms with Crippen molar-refractivity contribution >= 4 is 17.2 Å². The second-order valence-electron chi connectivity index (χ2n) is 9.17. The summed E-state index contributed by atoms with van der Waals surface area (Å²) in [4.78, 5) is 25.8. The molecule has 0 N–H and O–H groups in total. The maximum Gasteiger partial charge on any atom is 0.273 e. The van der Waals surface area contributed by atoms with E-state index in [-0.39, 0.29) is 17.9 Å². The summed E-state index contributed by atoms with van der Waals surface area (Å²) in [5.41, 5.74) is 3.12. The van der Waals surface area contributed by atoms with Crippen LogP contribution in [0.2, 0.25) is 0 Å². The quantitative estimate of drug-likeness (QED) is 0.327. The Hall–Kier alpha value is -3.59. The molecule has 4 aromatic rings. The number of aromatic nitrogens is 4. The number of methoxy groups -OCH3 is 1. The molecule has 5 rings (SSSR count). The summed E-state index contributed by atoms with van der Waals surface area (Å²) in [6.45, 7) is 6.79. The van der Waals surface area contributed by atoms with Gasteiger partial charge in [-0.15, -0.1) is 21.5 Å². The first-order valence-corrected chi connectivity index (χ1v) is 12.9. The van der Waals surface area contributed by atoms with Gasteiger partial charge in [-0.2, -0.15) is 0 Å². The van der Waals surface area contributed by atoms with Gasteiger partial charge in [-0.05, 0) is 44.7 Å². The molecule has 1 aliphatic rings. The van der Waals surface area contributed by atoms with E-state index in [0.29, 0.717) is 35.5 Å². The standard InChI is InChI=1S/C27H29N5O3S/c1-16(13-19-9-6-5-7-10-19)24-30-31-25(35-24)20-14-21(29-23(15-20)34-4)27(33)32-12-8-11-22(32)26-28-17(2)18(3)36-26/h5-7,9-10,14-16,22H,8,11-13H2,1-4H3/t16-,22-/m1/s1. The fourth-order valence-corrected chi connectivity index (χ4v) is 5.57. The molecule has 1 amide bonds. The summed E-state index contributed by atoms with van der Waals surface area (Å²) in [6, 6.07) is 13.6. The lowest BCUT2D eigenvalue weighted by molar-refractivity contribution is 0.0728. The average molecular weight is 504 g/mol. The van der Waals surface area contributed by atoms with Gasteiger partial charge >= 0.3 is 0 Å². The predicted octanol–water partition coefficient (Wildman–Crippen LogP) is 5.54. The third-order valence-corrected chi connectivity index (χ3v) is 7.74. The van der Waals surface area contributed by atoms with Crippen molar-refractivity contribution in [3.63, 3.8) is 0 Å². The number of nitrogens with zero attached hydrogens (tertiary/aromatic N) is 5. The molecular formula is C27H29N5O3S. The Balaban J connectivity index is 1.40. The fourth-order valence-electron chi connectivity index (χ4n) is 4.50. The van der Waals surface area contributed by atoms with Gasteiger partial charge in [0.1, 0.15) is 10.7 Å². The number of amides is 1. The van der Waals surface area contributed by atoms with Gasteiger partial charge < -0.3 is 14.1 Å². The molecule has 0 bridgehead atoms. The first-order chi connectivity index (χ1) is 17.4. The van der Waals surface area contributed by atoms with Crippen molar-refractivity contribution in [2.45, 2.75) is 52.0 Å². The van der Waals surface area contributed by atoms with Crippen LogP contribution < -0.4 is 4.74 Å². The monoisotopic (exact) mass is 503 g/mol. The second-order valence-corrected chi connectivity index (χ2v) is 10.4. The van der Waals surface area contributed by atoms with Gasteiger partial charge in [-0.1, -0.05) is 37.3 Å². The second kappa shape index (κ2) is 10.2. The number of pyridine rings is 1. The molecule has 9 heteroatoms. The van der Waals surface area contributed by atoms with Crippen LogP contribution in [0.15, 0.2) is 46.9 Å². The van der Waals surface area contributed by atoms with E-state index in [0.717, 1.165) is 30.0 Å². The Bertz CT molecular complexity index is 1350. The third kappa shape index (κ3) is 4.88. The largest absolute Gasteiger partial charge is 0.481 e. The topological polar surface area (TPSA) is 94.2 Å². The number of ether oxygens (including phenoxy) is 1. The van der Waals surface area contributed by atoms with Gasteiger partial charge in [0.25, 0.3) is 5.91 Å². The van der Waals surface area contributed by atoms with Crippen molar-refractivity contribution in [1.29, 1.82) is 0 Å². The van der Waals surface area contributed by atoms with Crippen LogP contribution in [0.3, 0.4) is 0 Å². The van der Waals surface area contributed by atoms with Crippen molar-refractivity contribution < 1.29 is 13.9 Å². The van der Waals surface area contributed by atoms with E-state index in [4.69, 9.17) is 14.1 Å². The highest BCUT2D eigenvalue weighted by Gasteiger charge is 2.34. The Labute approximate surface area is 214 Å². The van der Waals surface area contributed by atoms with E-state index in [2.05, 4.69) is 41.2 Å². The minimum absolute atomic E-state index is 0.0415. The number of benzene rings is 1. The van der Waals surface area contributed by atoms with Crippen molar-refractivity contribution in [3.05, 3.63) is 75.2 Å². The predicted molar refractivity (Wildman–Crippen MR) is 137 cm³/mol. The van der Waals surface area contributed by atoms with E-state index in [1.54, 1.807) is 23.5 Å². The van der Waals surface area contributed by atoms with E-state index >= 15 is 0 Å². The molecule has 8 nitrogen and oxygen atoms in total. The van der Waals surface area contributed by atoms with Crippen LogP contribution in [0.1, 0.15) is 69.2 Å². The summed E-state index contributed by atoms with van der Waals surface area (Å²) in [6.07, 6.45) is 2.61. The minimum Gasteiger partial charge on any atom is -0.481 e. The van der Waals surface area contributed by atoms with E-state index in [1.807, 2.05) is 30.0 Å². The van der Waals surface area contributed by atoms with Crippen molar-refractivity contribution in [3.8, 4) is 17.3 Å². The zero-order valence-corrected chi connectivity index (χ0v) is 21.7. The smallest absolute Gasteiger partial charge is 0.273 e. The van der Waals surface area contributed by atoms with Crippen LogP contribution >= 0.6 is 11.3 Å². The van der Waals surface area contributed by atoms with Gasteiger partial charge in [-0.3, -0.25) is 4.79 Å². The molecule has 0 radical (unpaired) electrons. The molecule has 1 saturated heterocycles. The molecule has 3 aromatic heterocycles. The Kier molecular flexibility index (Phi) is 6.82. The molecule has 0 aliphatic carbocycles. The number of carbonyl (C=O) groups is 1. The number of aryl methyl sites for hydroxylation is 2.